The van der Waals surface area contributed by atoms with Crippen LogP contribution in [0.4, 0.5) is 0 Å². The maximum Gasteiger partial charge on any atom is 0.220 e. The fourth-order valence-corrected chi connectivity index (χ4v) is 10.0. The lowest BCUT2D eigenvalue weighted by Crippen LogP contribution is -2.42. The number of fused-ring (bicyclic) bond motifs is 2. The second kappa shape index (κ2) is 10.4. The van der Waals surface area contributed by atoms with E-state index in [1.165, 1.54) is 27.8 Å². The first-order valence-electron chi connectivity index (χ1n) is 16.4. The summed E-state index contributed by atoms with van der Waals surface area (Å²) >= 11 is 0. The van der Waals surface area contributed by atoms with Crippen molar-refractivity contribution in [2.45, 2.75) is 136 Å². The zero-order valence-corrected chi connectivity index (χ0v) is 30.2. The lowest BCUT2D eigenvalue weighted by molar-refractivity contribution is -0.119. The molecule has 1 heterocycles. The topological polar surface area (TPSA) is 46.2 Å². The summed E-state index contributed by atoms with van der Waals surface area (Å²) in [6.07, 6.45) is 3.00. The molecule has 5 rings (SSSR count). The van der Waals surface area contributed by atoms with Gasteiger partial charge in [0.25, 0.3) is 0 Å². The molecule has 0 unspecified atom stereocenters. The maximum absolute atomic E-state index is 16.8. The molecule has 44 heavy (non-hydrogen) atoms. The van der Waals surface area contributed by atoms with Crippen molar-refractivity contribution in [2.24, 2.45) is 0 Å². The van der Waals surface area contributed by atoms with Crippen LogP contribution >= 0.6 is 7.14 Å². The van der Waals surface area contributed by atoms with Crippen LogP contribution in [0.1, 0.15) is 136 Å². The normalized spacial score (nSPS) is 19.4. The van der Waals surface area contributed by atoms with E-state index in [4.69, 9.17) is 0 Å². The van der Waals surface area contributed by atoms with Crippen molar-refractivity contribution >= 4 is 29.0 Å². The first kappa shape index (κ1) is 32.7. The van der Waals surface area contributed by atoms with Crippen molar-refractivity contribution in [3.05, 3.63) is 88.0 Å². The number of hydrogen-bond donors (Lipinski definition) is 1. The number of aryl methyl sites for hydroxylation is 1. The van der Waals surface area contributed by atoms with E-state index in [2.05, 4.69) is 143 Å². The van der Waals surface area contributed by atoms with Gasteiger partial charge in [-0.3, -0.25) is 4.79 Å². The molecule has 1 aliphatic carbocycles. The molecule has 3 aromatic carbocycles. The predicted molar refractivity (Wildman–Crippen MR) is 188 cm³/mol. The molecule has 1 atom stereocenters. The molecule has 1 spiro atoms. The molecule has 0 aromatic heterocycles. The number of carbonyl (C=O) groups is 1. The summed E-state index contributed by atoms with van der Waals surface area (Å²) in [5, 5.41) is 6.06. The highest BCUT2D eigenvalue weighted by molar-refractivity contribution is 7.85. The molecule has 1 saturated heterocycles. The minimum Gasteiger partial charge on any atom is -0.347 e. The number of hydrogen-bond acceptors (Lipinski definition) is 2. The summed E-state index contributed by atoms with van der Waals surface area (Å²) in [5.41, 5.74) is 6.16. The van der Waals surface area contributed by atoms with Gasteiger partial charge in [-0.2, -0.15) is 0 Å². The summed E-state index contributed by atoms with van der Waals surface area (Å²) in [4.78, 5) is 12.8. The fraction of sp³-hybridized carbons (Fsp3) is 0.525. The van der Waals surface area contributed by atoms with E-state index in [0.717, 1.165) is 40.7 Å². The third kappa shape index (κ3) is 5.75. The third-order valence-electron chi connectivity index (χ3n) is 9.95. The molecule has 4 heteroatoms. The van der Waals surface area contributed by atoms with E-state index in [-0.39, 0.29) is 27.6 Å². The average molecular weight is 612 g/mol. The minimum absolute atomic E-state index is 0.0944. The van der Waals surface area contributed by atoms with Gasteiger partial charge in [0.15, 0.2) is 7.14 Å². The molecule has 0 saturated carbocycles. The Morgan fingerprint density at radius 3 is 1.39 bits per heavy atom. The summed E-state index contributed by atoms with van der Waals surface area (Å²) in [6.45, 7) is 26.9. The van der Waals surface area contributed by atoms with Crippen molar-refractivity contribution < 1.29 is 9.36 Å². The highest BCUT2D eigenvalue weighted by atomic mass is 31.2. The Balaban J connectivity index is 1.96. The first-order valence-corrected chi connectivity index (χ1v) is 18.1. The Morgan fingerprint density at radius 2 is 1.02 bits per heavy atom. The molecule has 1 fully saturated rings. The Labute approximate surface area is 267 Å². The molecule has 0 radical (unpaired) electrons. The van der Waals surface area contributed by atoms with Crippen LogP contribution in [0.5, 0.6) is 0 Å². The lowest BCUT2D eigenvalue weighted by Gasteiger charge is -2.34. The maximum atomic E-state index is 16.8. The zero-order valence-electron chi connectivity index (χ0n) is 29.3. The van der Waals surface area contributed by atoms with Crippen LogP contribution in [0.25, 0.3) is 0 Å². The molecule has 1 N–H and O–H groups in total. The lowest BCUT2D eigenvalue weighted by atomic mass is 9.81. The molecule has 236 valence electrons. The molecular weight excluding hydrogens is 557 g/mol. The van der Waals surface area contributed by atoms with Crippen molar-refractivity contribution in [3.63, 3.8) is 0 Å². The van der Waals surface area contributed by atoms with E-state index in [9.17, 15) is 4.79 Å². The average Bonchev–Trinajstić information content (AvgIpc) is 3.47. The van der Waals surface area contributed by atoms with Crippen LogP contribution in [0.2, 0.25) is 0 Å². The Kier molecular flexibility index (Phi) is 7.78. The van der Waals surface area contributed by atoms with Gasteiger partial charge in [-0.1, -0.05) is 113 Å². The predicted octanol–water partition coefficient (Wildman–Crippen LogP) is 8.57. The Bertz CT molecular complexity index is 1530. The Hall–Kier alpha value is -2.64. The minimum atomic E-state index is -3.45. The van der Waals surface area contributed by atoms with Gasteiger partial charge in [0, 0.05) is 22.3 Å². The highest BCUT2D eigenvalue weighted by Crippen LogP contribution is 2.52. The molecule has 1 amide bonds. The van der Waals surface area contributed by atoms with Crippen LogP contribution in [-0.4, -0.2) is 5.91 Å². The van der Waals surface area contributed by atoms with Crippen molar-refractivity contribution in [2.75, 3.05) is 0 Å². The first-order chi connectivity index (χ1) is 20.1. The third-order valence-corrected chi connectivity index (χ3v) is 13.0. The van der Waals surface area contributed by atoms with Gasteiger partial charge >= 0.3 is 0 Å². The SMILES string of the molecule is CC(C)(C)c1cc(C(C)(C)C)cc(P(=O)(c2cc(C(C)(C)C)cc(C(C)(C)C)c2)c2cccc3c2[C@]2(CCC(=O)N2)CC3)c1. The van der Waals surface area contributed by atoms with Gasteiger partial charge in [0.1, 0.15) is 0 Å². The van der Waals surface area contributed by atoms with Crippen LogP contribution in [0.15, 0.2) is 54.6 Å². The molecular formula is C40H54NO2P. The van der Waals surface area contributed by atoms with Gasteiger partial charge in [0.2, 0.25) is 5.91 Å². The second-order valence-corrected chi connectivity index (χ2v) is 20.3. The van der Waals surface area contributed by atoms with Crippen LogP contribution in [-0.2, 0) is 43.0 Å². The highest BCUT2D eigenvalue weighted by Gasteiger charge is 2.49. The van der Waals surface area contributed by atoms with Crippen LogP contribution in [0.3, 0.4) is 0 Å². The molecule has 3 aromatic rings. The van der Waals surface area contributed by atoms with Gasteiger partial charge in [-0.05, 0) is 98.6 Å². The van der Waals surface area contributed by atoms with Crippen molar-refractivity contribution in [1.29, 1.82) is 0 Å². The molecule has 2 aliphatic rings. The zero-order chi connectivity index (χ0) is 32.7. The van der Waals surface area contributed by atoms with E-state index < -0.39 is 12.7 Å². The van der Waals surface area contributed by atoms with E-state index >= 15 is 4.57 Å². The number of benzene rings is 3. The molecule has 1 aliphatic heterocycles. The number of amides is 1. The fourth-order valence-electron chi connectivity index (χ4n) is 6.92. The van der Waals surface area contributed by atoms with Gasteiger partial charge in [-0.15, -0.1) is 0 Å². The number of carbonyl (C=O) groups excluding carboxylic acids is 1. The van der Waals surface area contributed by atoms with E-state index in [0.29, 0.717) is 6.42 Å². The van der Waals surface area contributed by atoms with Crippen molar-refractivity contribution in [3.8, 4) is 0 Å². The summed E-state index contributed by atoms with van der Waals surface area (Å²) < 4.78 is 16.8. The number of nitrogens with one attached hydrogen (secondary N) is 1. The number of rotatable bonds is 3. The Morgan fingerprint density at radius 1 is 0.614 bits per heavy atom. The largest absolute Gasteiger partial charge is 0.347 e. The van der Waals surface area contributed by atoms with E-state index in [1.54, 1.807) is 0 Å². The second-order valence-electron chi connectivity index (χ2n) is 17.6. The summed E-state index contributed by atoms with van der Waals surface area (Å²) in [5.74, 6) is 0.0944. The monoisotopic (exact) mass is 611 g/mol. The van der Waals surface area contributed by atoms with Gasteiger partial charge in [0.05, 0.1) is 5.54 Å². The van der Waals surface area contributed by atoms with Crippen LogP contribution in [0, 0.1) is 0 Å². The van der Waals surface area contributed by atoms with E-state index in [1.807, 2.05) is 0 Å². The van der Waals surface area contributed by atoms with Crippen molar-refractivity contribution in [1.82, 2.24) is 5.32 Å². The van der Waals surface area contributed by atoms with Gasteiger partial charge in [-0.25, -0.2) is 0 Å². The standard InChI is InChI=1S/C40H54NO2P/c1-36(2,3)27-20-28(37(4,5)6)23-31(22-27)44(43,32-24-29(38(7,8)9)21-30(25-32)39(10,11)12)33-15-13-14-26-16-18-40(35(26)33)19-17-34(42)41-40/h13-15,20-25H,16-19H2,1-12H3,(H,41,42)/t40-/m1/s1. The quantitative estimate of drug-likeness (QED) is 0.302. The summed E-state index contributed by atoms with van der Waals surface area (Å²) in [7, 11) is -3.45. The molecule has 0 bridgehead atoms. The van der Waals surface area contributed by atoms with Crippen LogP contribution < -0.4 is 21.2 Å². The van der Waals surface area contributed by atoms with Gasteiger partial charge < -0.3 is 9.88 Å². The molecule has 3 nitrogen and oxygen atoms in total. The summed E-state index contributed by atoms with van der Waals surface area (Å²) in [6, 6.07) is 19.9. The smallest absolute Gasteiger partial charge is 0.220 e.